The van der Waals surface area contributed by atoms with E-state index in [0.717, 1.165) is 50.2 Å². The van der Waals surface area contributed by atoms with Crippen LogP contribution in [0.4, 0.5) is 5.82 Å². The van der Waals surface area contributed by atoms with Crippen LogP contribution in [0.2, 0.25) is 0 Å². The van der Waals surface area contributed by atoms with Crippen molar-refractivity contribution in [2.24, 2.45) is 5.92 Å². The van der Waals surface area contributed by atoms with Crippen molar-refractivity contribution in [3.63, 3.8) is 0 Å². The molecule has 1 aromatic heterocycles. The topological polar surface area (TPSA) is 82.6 Å². The van der Waals surface area contributed by atoms with E-state index in [-0.39, 0.29) is 16.7 Å². The molecule has 3 heterocycles. The normalized spacial score (nSPS) is 18.5. The number of nitrogens with zero attached hydrogens (tertiary/aromatic N) is 3. The number of hydrogen-bond donors (Lipinski definition) is 1. The summed E-state index contributed by atoms with van der Waals surface area (Å²) in [5, 5.41) is 3.03. The number of nitrogens with one attached hydrogen (secondary N) is 1. The third kappa shape index (κ3) is 4.65. The van der Waals surface area contributed by atoms with Crippen LogP contribution in [0.15, 0.2) is 53.6 Å². The molecule has 2 saturated heterocycles. The number of hydrogen-bond acceptors (Lipinski definition) is 5. The molecule has 0 unspecified atom stereocenters. The van der Waals surface area contributed by atoms with Crippen LogP contribution in [0.5, 0.6) is 0 Å². The molecule has 0 bridgehead atoms. The summed E-state index contributed by atoms with van der Waals surface area (Å²) >= 11 is 0. The molecular formula is C22H28N4O3S. The first-order valence-corrected chi connectivity index (χ1v) is 12.0. The van der Waals surface area contributed by atoms with Crippen LogP contribution >= 0.6 is 0 Å². The maximum Gasteiger partial charge on any atom is 0.244 e. The van der Waals surface area contributed by atoms with Gasteiger partial charge in [-0.05, 0) is 43.4 Å². The third-order valence-electron chi connectivity index (χ3n) is 5.92. The molecular weight excluding hydrogens is 400 g/mol. The molecule has 0 radical (unpaired) electrons. The Morgan fingerprint density at radius 2 is 1.70 bits per heavy atom. The van der Waals surface area contributed by atoms with Crippen molar-refractivity contribution in [2.75, 3.05) is 31.1 Å². The number of carbonyl (C=O) groups is 1. The molecule has 0 spiro atoms. The predicted molar refractivity (Wildman–Crippen MR) is 115 cm³/mol. The molecule has 160 valence electrons. The number of carbonyl (C=O) groups excluding carboxylic acids is 1. The standard InChI is InChI=1S/C22H28N4O3S/c27-22(24-16-18-6-2-1-3-7-18)19-10-14-25(15-11-19)21-9-8-20(17-23-21)30(28,29)26-12-4-5-13-26/h1-3,6-9,17,19H,4-5,10-16H2,(H,24,27). The zero-order chi connectivity index (χ0) is 21.0. The van der Waals surface area contributed by atoms with Crippen molar-refractivity contribution in [1.82, 2.24) is 14.6 Å². The molecule has 8 heteroatoms. The number of piperidine rings is 1. The van der Waals surface area contributed by atoms with Gasteiger partial charge < -0.3 is 10.2 Å². The molecule has 7 nitrogen and oxygen atoms in total. The lowest BCUT2D eigenvalue weighted by Gasteiger charge is -2.32. The largest absolute Gasteiger partial charge is 0.357 e. The van der Waals surface area contributed by atoms with Crippen molar-refractivity contribution >= 4 is 21.7 Å². The average Bonchev–Trinajstić information content (AvgIpc) is 3.34. The maximum atomic E-state index is 12.6. The van der Waals surface area contributed by atoms with Gasteiger partial charge in [-0.15, -0.1) is 0 Å². The molecule has 0 atom stereocenters. The Labute approximate surface area is 178 Å². The van der Waals surface area contributed by atoms with Gasteiger partial charge in [0.1, 0.15) is 10.7 Å². The summed E-state index contributed by atoms with van der Waals surface area (Å²) in [7, 11) is -3.44. The molecule has 0 saturated carbocycles. The van der Waals surface area contributed by atoms with Gasteiger partial charge in [-0.1, -0.05) is 30.3 Å². The SMILES string of the molecule is O=C(NCc1ccccc1)C1CCN(c2ccc(S(=O)(=O)N3CCCC3)cn2)CC1. The summed E-state index contributed by atoms with van der Waals surface area (Å²) in [5.41, 5.74) is 1.09. The smallest absolute Gasteiger partial charge is 0.244 e. The average molecular weight is 429 g/mol. The van der Waals surface area contributed by atoms with Crippen molar-refractivity contribution < 1.29 is 13.2 Å². The van der Waals surface area contributed by atoms with E-state index in [9.17, 15) is 13.2 Å². The van der Waals surface area contributed by atoms with Crippen LogP contribution in [0, 0.1) is 5.92 Å². The molecule has 1 N–H and O–H groups in total. The lowest BCUT2D eigenvalue weighted by molar-refractivity contribution is -0.125. The van der Waals surface area contributed by atoms with Gasteiger partial charge in [0.05, 0.1) is 0 Å². The number of sulfonamides is 1. The molecule has 2 aliphatic rings. The second kappa shape index (κ2) is 9.14. The highest BCUT2D eigenvalue weighted by Gasteiger charge is 2.28. The van der Waals surface area contributed by atoms with Gasteiger partial charge in [-0.2, -0.15) is 4.31 Å². The first-order valence-electron chi connectivity index (χ1n) is 10.6. The number of benzene rings is 1. The Morgan fingerprint density at radius 3 is 2.33 bits per heavy atom. The van der Waals surface area contributed by atoms with E-state index in [1.54, 1.807) is 12.1 Å². The van der Waals surface area contributed by atoms with Crippen molar-refractivity contribution in [3.8, 4) is 0 Å². The monoisotopic (exact) mass is 428 g/mol. The molecule has 4 rings (SSSR count). The van der Waals surface area contributed by atoms with Gasteiger partial charge in [-0.3, -0.25) is 4.79 Å². The van der Waals surface area contributed by atoms with Gasteiger partial charge >= 0.3 is 0 Å². The fourth-order valence-electron chi connectivity index (χ4n) is 4.09. The highest BCUT2D eigenvalue weighted by atomic mass is 32.2. The Kier molecular flexibility index (Phi) is 6.34. The second-order valence-electron chi connectivity index (χ2n) is 7.93. The number of amides is 1. The summed E-state index contributed by atoms with van der Waals surface area (Å²) in [6.07, 6.45) is 4.81. The summed E-state index contributed by atoms with van der Waals surface area (Å²) in [6, 6.07) is 13.3. The van der Waals surface area contributed by atoms with Gasteiger partial charge in [0.2, 0.25) is 15.9 Å². The number of pyridine rings is 1. The van der Waals surface area contributed by atoms with Crippen LogP contribution in [0.25, 0.3) is 0 Å². The molecule has 30 heavy (non-hydrogen) atoms. The zero-order valence-corrected chi connectivity index (χ0v) is 17.9. The molecule has 1 aromatic carbocycles. The van der Waals surface area contributed by atoms with Crippen LogP contribution < -0.4 is 10.2 Å². The Balaban J connectivity index is 1.30. The fraction of sp³-hybridized carbons (Fsp3) is 0.455. The minimum atomic E-state index is -3.44. The molecule has 2 fully saturated rings. The first-order chi connectivity index (χ1) is 14.5. The molecule has 2 aromatic rings. The number of rotatable bonds is 6. The summed E-state index contributed by atoms with van der Waals surface area (Å²) in [4.78, 5) is 19.3. The van der Waals surface area contributed by atoms with Crippen molar-refractivity contribution in [1.29, 1.82) is 0 Å². The van der Waals surface area contributed by atoms with E-state index < -0.39 is 10.0 Å². The van der Waals surface area contributed by atoms with E-state index in [0.29, 0.717) is 19.6 Å². The van der Waals surface area contributed by atoms with Crippen LogP contribution in [-0.4, -0.2) is 49.8 Å². The first kappa shape index (κ1) is 20.8. The van der Waals surface area contributed by atoms with E-state index in [1.807, 2.05) is 30.3 Å². The van der Waals surface area contributed by atoms with Crippen LogP contribution in [0.3, 0.4) is 0 Å². The fourth-order valence-corrected chi connectivity index (χ4v) is 5.55. The van der Waals surface area contributed by atoms with E-state index in [4.69, 9.17) is 0 Å². The molecule has 0 aliphatic carbocycles. The molecule has 1 amide bonds. The number of anilines is 1. The van der Waals surface area contributed by atoms with Gasteiger partial charge in [0.25, 0.3) is 0 Å². The lowest BCUT2D eigenvalue weighted by atomic mass is 9.96. The Bertz CT molecular complexity index is 950. The quantitative estimate of drug-likeness (QED) is 0.764. The van der Waals surface area contributed by atoms with Crippen LogP contribution in [-0.2, 0) is 21.4 Å². The second-order valence-corrected chi connectivity index (χ2v) is 9.87. The number of aromatic nitrogens is 1. The minimum Gasteiger partial charge on any atom is -0.357 e. The minimum absolute atomic E-state index is 0.000204. The van der Waals surface area contributed by atoms with Crippen molar-refractivity contribution in [3.05, 3.63) is 54.2 Å². The van der Waals surface area contributed by atoms with Gasteiger partial charge in [0.15, 0.2) is 0 Å². The van der Waals surface area contributed by atoms with Crippen LogP contribution in [0.1, 0.15) is 31.2 Å². The molecule has 2 aliphatic heterocycles. The van der Waals surface area contributed by atoms with E-state index in [2.05, 4.69) is 15.2 Å². The van der Waals surface area contributed by atoms with Crippen molar-refractivity contribution in [2.45, 2.75) is 37.1 Å². The highest BCUT2D eigenvalue weighted by molar-refractivity contribution is 7.89. The summed E-state index contributed by atoms with van der Waals surface area (Å²) in [6.45, 7) is 3.19. The Hall–Kier alpha value is -2.45. The lowest BCUT2D eigenvalue weighted by Crippen LogP contribution is -2.40. The van der Waals surface area contributed by atoms with E-state index >= 15 is 0 Å². The maximum absolute atomic E-state index is 12.6. The zero-order valence-electron chi connectivity index (χ0n) is 17.0. The highest BCUT2D eigenvalue weighted by Crippen LogP contribution is 2.25. The van der Waals surface area contributed by atoms with Gasteiger partial charge in [0, 0.05) is 44.8 Å². The summed E-state index contributed by atoms with van der Waals surface area (Å²) < 4.78 is 26.8. The van der Waals surface area contributed by atoms with E-state index in [1.165, 1.54) is 10.5 Å². The third-order valence-corrected chi connectivity index (χ3v) is 7.81. The van der Waals surface area contributed by atoms with Gasteiger partial charge in [-0.25, -0.2) is 13.4 Å². The summed E-state index contributed by atoms with van der Waals surface area (Å²) in [5.74, 6) is 0.858. The Morgan fingerprint density at radius 1 is 1.00 bits per heavy atom. The predicted octanol–water partition coefficient (Wildman–Crippen LogP) is 2.40.